The van der Waals surface area contributed by atoms with E-state index < -0.39 is 17.9 Å². The summed E-state index contributed by atoms with van der Waals surface area (Å²) < 4.78 is 0. The van der Waals surface area contributed by atoms with E-state index in [9.17, 15) is 14.7 Å². The first-order valence-electron chi connectivity index (χ1n) is 7.77. The van der Waals surface area contributed by atoms with E-state index in [1.54, 1.807) is 0 Å². The van der Waals surface area contributed by atoms with Crippen LogP contribution >= 0.6 is 0 Å². The van der Waals surface area contributed by atoms with Gasteiger partial charge in [-0.2, -0.15) is 0 Å². The Kier molecular flexibility index (Phi) is 5.19. The standard InChI is InChI=1S/C17H24N2O3/c1-11(2)15(20)6-8-18-16(21)17(22)19-9-7-13-5-4-12(3)10-14(13)19/h4-5,10-11,15,20H,6-9H2,1-3H3,(H,18,21). The molecule has 2 rings (SSSR count). The SMILES string of the molecule is Cc1ccc2c(c1)N(C(=O)C(=O)NCCC(O)C(C)C)CC2. The quantitative estimate of drug-likeness (QED) is 0.826. The maximum absolute atomic E-state index is 12.3. The predicted octanol–water partition coefficient (Wildman–Crippen LogP) is 1.41. The molecule has 0 aromatic heterocycles. The van der Waals surface area contributed by atoms with Gasteiger partial charge in [-0.15, -0.1) is 0 Å². The number of nitrogens with one attached hydrogen (secondary N) is 1. The molecule has 0 radical (unpaired) electrons. The number of benzene rings is 1. The summed E-state index contributed by atoms with van der Waals surface area (Å²) in [4.78, 5) is 25.8. The molecule has 1 atom stereocenters. The summed E-state index contributed by atoms with van der Waals surface area (Å²) in [7, 11) is 0. The van der Waals surface area contributed by atoms with E-state index in [1.807, 2.05) is 39.0 Å². The normalized spacial score (nSPS) is 14.9. The smallest absolute Gasteiger partial charge is 0.316 e. The molecule has 5 heteroatoms. The van der Waals surface area contributed by atoms with E-state index in [-0.39, 0.29) is 5.92 Å². The van der Waals surface area contributed by atoms with E-state index in [2.05, 4.69) is 5.32 Å². The van der Waals surface area contributed by atoms with Gasteiger partial charge in [0, 0.05) is 18.8 Å². The Morgan fingerprint density at radius 3 is 2.77 bits per heavy atom. The molecule has 22 heavy (non-hydrogen) atoms. The highest BCUT2D eigenvalue weighted by atomic mass is 16.3. The Bertz CT molecular complexity index is 569. The second-order valence-corrected chi connectivity index (χ2v) is 6.19. The molecule has 120 valence electrons. The number of hydrogen-bond acceptors (Lipinski definition) is 3. The minimum Gasteiger partial charge on any atom is -0.393 e. The highest BCUT2D eigenvalue weighted by Crippen LogP contribution is 2.28. The minimum atomic E-state index is -0.606. The van der Waals surface area contributed by atoms with Crippen LogP contribution in [-0.2, 0) is 16.0 Å². The number of amides is 2. The fourth-order valence-corrected chi connectivity index (χ4v) is 2.57. The molecule has 0 aliphatic carbocycles. The van der Waals surface area contributed by atoms with Gasteiger partial charge in [0.25, 0.3) is 0 Å². The van der Waals surface area contributed by atoms with Crippen LogP contribution < -0.4 is 10.2 Å². The number of hydrogen-bond donors (Lipinski definition) is 2. The lowest BCUT2D eigenvalue weighted by atomic mass is 10.0. The number of carbonyl (C=O) groups excluding carboxylic acids is 2. The van der Waals surface area contributed by atoms with E-state index >= 15 is 0 Å². The third-order valence-corrected chi connectivity index (χ3v) is 4.07. The maximum atomic E-state index is 12.3. The van der Waals surface area contributed by atoms with Gasteiger partial charge >= 0.3 is 11.8 Å². The first-order valence-corrected chi connectivity index (χ1v) is 7.77. The first-order chi connectivity index (χ1) is 10.4. The van der Waals surface area contributed by atoms with Gasteiger partial charge in [0.15, 0.2) is 0 Å². The zero-order chi connectivity index (χ0) is 16.3. The van der Waals surface area contributed by atoms with Gasteiger partial charge in [-0.3, -0.25) is 9.59 Å². The second-order valence-electron chi connectivity index (χ2n) is 6.19. The Hall–Kier alpha value is -1.88. The summed E-state index contributed by atoms with van der Waals surface area (Å²) in [6.45, 7) is 6.65. The molecular weight excluding hydrogens is 280 g/mol. The Balaban J connectivity index is 1.93. The molecule has 1 aliphatic heterocycles. The summed E-state index contributed by atoms with van der Waals surface area (Å²) in [5, 5.41) is 12.3. The second kappa shape index (κ2) is 6.92. The van der Waals surface area contributed by atoms with E-state index in [0.29, 0.717) is 19.5 Å². The highest BCUT2D eigenvalue weighted by molar-refractivity contribution is 6.40. The summed E-state index contributed by atoms with van der Waals surface area (Å²) in [5.74, 6) is -0.991. The number of rotatable bonds is 4. The van der Waals surface area contributed by atoms with Crippen LogP contribution in [-0.4, -0.2) is 36.1 Å². The van der Waals surface area contributed by atoms with Crippen LogP contribution in [0.2, 0.25) is 0 Å². The van der Waals surface area contributed by atoms with Crippen molar-refractivity contribution < 1.29 is 14.7 Å². The lowest BCUT2D eigenvalue weighted by Gasteiger charge is -2.18. The van der Waals surface area contributed by atoms with Gasteiger partial charge in [-0.1, -0.05) is 26.0 Å². The average molecular weight is 304 g/mol. The topological polar surface area (TPSA) is 69.6 Å². The number of aryl methyl sites for hydroxylation is 1. The zero-order valence-corrected chi connectivity index (χ0v) is 13.4. The number of carbonyl (C=O) groups is 2. The summed E-state index contributed by atoms with van der Waals surface area (Å²) in [5.41, 5.74) is 3.00. The highest BCUT2D eigenvalue weighted by Gasteiger charge is 2.29. The fourth-order valence-electron chi connectivity index (χ4n) is 2.57. The molecule has 0 saturated heterocycles. The van der Waals surface area contributed by atoms with Crippen molar-refractivity contribution in [3.05, 3.63) is 29.3 Å². The van der Waals surface area contributed by atoms with E-state index in [4.69, 9.17) is 0 Å². The van der Waals surface area contributed by atoms with Crippen molar-refractivity contribution in [1.82, 2.24) is 5.32 Å². The monoisotopic (exact) mass is 304 g/mol. The number of aliphatic hydroxyl groups excluding tert-OH is 1. The molecule has 2 amide bonds. The van der Waals surface area contributed by atoms with Crippen molar-refractivity contribution in [3.63, 3.8) is 0 Å². The maximum Gasteiger partial charge on any atom is 0.316 e. The molecule has 1 heterocycles. The van der Waals surface area contributed by atoms with Crippen LogP contribution in [0.15, 0.2) is 18.2 Å². The first kappa shape index (κ1) is 16.5. The molecule has 1 unspecified atom stereocenters. The van der Waals surface area contributed by atoms with Gasteiger partial charge in [-0.25, -0.2) is 0 Å². The average Bonchev–Trinajstić information content (AvgIpc) is 2.88. The summed E-state index contributed by atoms with van der Waals surface area (Å²) in [6.07, 6.45) is 0.762. The van der Waals surface area contributed by atoms with Crippen molar-refractivity contribution in [2.75, 3.05) is 18.0 Å². The third kappa shape index (κ3) is 3.65. The third-order valence-electron chi connectivity index (χ3n) is 4.07. The largest absolute Gasteiger partial charge is 0.393 e. The van der Waals surface area contributed by atoms with Crippen LogP contribution in [0.3, 0.4) is 0 Å². The molecule has 1 aliphatic rings. The van der Waals surface area contributed by atoms with Gasteiger partial charge < -0.3 is 15.3 Å². The van der Waals surface area contributed by atoms with Gasteiger partial charge in [-0.05, 0) is 42.9 Å². The number of nitrogens with zero attached hydrogens (tertiary/aromatic N) is 1. The van der Waals surface area contributed by atoms with Crippen molar-refractivity contribution in [1.29, 1.82) is 0 Å². The molecule has 0 fully saturated rings. The Morgan fingerprint density at radius 1 is 1.36 bits per heavy atom. The predicted molar refractivity (Wildman–Crippen MR) is 85.7 cm³/mol. The lowest BCUT2D eigenvalue weighted by molar-refractivity contribution is -0.137. The number of anilines is 1. The molecule has 0 bridgehead atoms. The van der Waals surface area contributed by atoms with Crippen LogP contribution in [0.25, 0.3) is 0 Å². The Labute approximate surface area is 131 Å². The van der Waals surface area contributed by atoms with Gasteiger partial charge in [0.05, 0.1) is 6.10 Å². The molecule has 0 spiro atoms. The zero-order valence-electron chi connectivity index (χ0n) is 13.4. The van der Waals surface area contributed by atoms with Crippen molar-refractivity contribution >= 4 is 17.5 Å². The minimum absolute atomic E-state index is 0.140. The summed E-state index contributed by atoms with van der Waals surface area (Å²) in [6, 6.07) is 5.96. The lowest BCUT2D eigenvalue weighted by Crippen LogP contribution is -2.43. The van der Waals surface area contributed by atoms with Gasteiger partial charge in [0.2, 0.25) is 0 Å². The van der Waals surface area contributed by atoms with Crippen LogP contribution in [0, 0.1) is 12.8 Å². The molecular formula is C17H24N2O3. The Morgan fingerprint density at radius 2 is 2.09 bits per heavy atom. The molecule has 1 aromatic rings. The van der Waals surface area contributed by atoms with Crippen molar-refractivity contribution in [3.8, 4) is 0 Å². The summed E-state index contributed by atoms with van der Waals surface area (Å²) >= 11 is 0. The van der Waals surface area contributed by atoms with Crippen LogP contribution in [0.5, 0.6) is 0 Å². The number of aliphatic hydroxyl groups is 1. The van der Waals surface area contributed by atoms with E-state index in [1.165, 1.54) is 4.90 Å². The van der Waals surface area contributed by atoms with Crippen LogP contribution in [0.4, 0.5) is 5.69 Å². The van der Waals surface area contributed by atoms with Crippen molar-refractivity contribution in [2.24, 2.45) is 5.92 Å². The molecule has 1 aromatic carbocycles. The number of fused-ring (bicyclic) bond motifs is 1. The molecule has 0 saturated carbocycles. The van der Waals surface area contributed by atoms with Gasteiger partial charge in [0.1, 0.15) is 0 Å². The molecule has 5 nitrogen and oxygen atoms in total. The van der Waals surface area contributed by atoms with E-state index in [0.717, 1.165) is 23.2 Å². The van der Waals surface area contributed by atoms with Crippen LogP contribution in [0.1, 0.15) is 31.4 Å². The van der Waals surface area contributed by atoms with Crippen molar-refractivity contribution in [2.45, 2.75) is 39.7 Å². The molecule has 2 N–H and O–H groups in total. The fraction of sp³-hybridized carbons (Fsp3) is 0.529.